The summed E-state index contributed by atoms with van der Waals surface area (Å²) in [7, 11) is 0. The van der Waals surface area contributed by atoms with Crippen LogP contribution in [-0.4, -0.2) is 0 Å². The fourth-order valence-corrected chi connectivity index (χ4v) is 1.98. The van der Waals surface area contributed by atoms with Crippen LogP contribution in [0, 0.1) is 11.3 Å². The van der Waals surface area contributed by atoms with E-state index in [1.807, 2.05) is 0 Å². The largest absolute Gasteiger partial charge is 0.199 e. The van der Waals surface area contributed by atoms with Crippen LogP contribution in [0.3, 0.4) is 0 Å². The molecule has 0 N–H and O–H groups in total. The molecule has 1 aliphatic rings. The summed E-state index contributed by atoms with van der Waals surface area (Å²) in [5, 5.41) is 7.32. The molecule has 0 bridgehead atoms. The Bertz CT molecular complexity index is 278. The van der Waals surface area contributed by atoms with E-state index in [4.69, 9.17) is 5.26 Å². The standard InChI is InChI=1S/C11H14.C2H3N/c1-2-6-10(7-3-1)11-8-4-5-9-11;1-2-3/h1-3,6-7,11H,4-5,8-9H2;1H3. The van der Waals surface area contributed by atoms with Crippen molar-refractivity contribution in [3.8, 4) is 6.07 Å². The van der Waals surface area contributed by atoms with Crippen molar-refractivity contribution in [1.29, 1.82) is 5.26 Å². The average molecular weight is 187 g/mol. The van der Waals surface area contributed by atoms with E-state index < -0.39 is 0 Å². The van der Waals surface area contributed by atoms with Gasteiger partial charge in [-0.15, -0.1) is 0 Å². The smallest absolute Gasteiger partial charge is 0.0587 e. The summed E-state index contributed by atoms with van der Waals surface area (Å²) >= 11 is 0. The van der Waals surface area contributed by atoms with Gasteiger partial charge in [-0.25, -0.2) is 0 Å². The Morgan fingerprint density at radius 1 is 1.14 bits per heavy atom. The van der Waals surface area contributed by atoms with Gasteiger partial charge in [0.1, 0.15) is 0 Å². The van der Waals surface area contributed by atoms with Gasteiger partial charge in [0.25, 0.3) is 0 Å². The molecule has 1 heteroatoms. The number of hydrogen-bond acceptors (Lipinski definition) is 1. The van der Waals surface area contributed by atoms with Crippen molar-refractivity contribution < 1.29 is 0 Å². The zero-order valence-electron chi connectivity index (χ0n) is 8.74. The predicted octanol–water partition coefficient (Wildman–Crippen LogP) is 3.87. The second-order valence-electron chi connectivity index (χ2n) is 3.62. The highest BCUT2D eigenvalue weighted by atomic mass is 14.2. The Balaban J connectivity index is 0.000000293. The van der Waals surface area contributed by atoms with E-state index in [0.29, 0.717) is 0 Å². The van der Waals surface area contributed by atoms with Gasteiger partial charge in [0.2, 0.25) is 0 Å². The van der Waals surface area contributed by atoms with Crippen LogP contribution in [0.2, 0.25) is 0 Å². The van der Waals surface area contributed by atoms with E-state index >= 15 is 0 Å². The lowest BCUT2D eigenvalue weighted by molar-refractivity contribution is 0.723. The molecule has 0 heterocycles. The van der Waals surface area contributed by atoms with Gasteiger partial charge >= 0.3 is 0 Å². The first kappa shape index (κ1) is 10.8. The normalized spacial score (nSPS) is 15.4. The van der Waals surface area contributed by atoms with E-state index in [9.17, 15) is 0 Å². The summed E-state index contributed by atoms with van der Waals surface area (Å²) in [6, 6.07) is 12.7. The minimum absolute atomic E-state index is 0.871. The Kier molecular flexibility index (Phi) is 4.78. The summed E-state index contributed by atoms with van der Waals surface area (Å²) in [4.78, 5) is 0. The Morgan fingerprint density at radius 2 is 1.64 bits per heavy atom. The van der Waals surface area contributed by atoms with Crippen molar-refractivity contribution in [1.82, 2.24) is 0 Å². The van der Waals surface area contributed by atoms with Gasteiger partial charge in [0.05, 0.1) is 6.07 Å². The third-order valence-electron chi connectivity index (χ3n) is 2.63. The van der Waals surface area contributed by atoms with E-state index in [1.54, 1.807) is 11.6 Å². The Labute approximate surface area is 86.4 Å². The molecule has 14 heavy (non-hydrogen) atoms. The molecule has 1 saturated carbocycles. The van der Waals surface area contributed by atoms with Crippen molar-refractivity contribution in [3.05, 3.63) is 35.9 Å². The van der Waals surface area contributed by atoms with Crippen LogP contribution < -0.4 is 0 Å². The molecule has 74 valence electrons. The van der Waals surface area contributed by atoms with Crippen LogP contribution in [0.25, 0.3) is 0 Å². The second-order valence-corrected chi connectivity index (χ2v) is 3.62. The lowest BCUT2D eigenvalue weighted by atomic mass is 9.98. The van der Waals surface area contributed by atoms with Crippen molar-refractivity contribution >= 4 is 0 Å². The number of hydrogen-bond donors (Lipinski definition) is 0. The SMILES string of the molecule is CC#N.c1ccc(C2CCCC2)cc1. The number of nitriles is 1. The van der Waals surface area contributed by atoms with E-state index in [-0.39, 0.29) is 0 Å². The summed E-state index contributed by atoms with van der Waals surface area (Å²) < 4.78 is 0. The average Bonchev–Trinajstić information content (AvgIpc) is 2.73. The zero-order chi connectivity index (χ0) is 10.2. The Morgan fingerprint density at radius 3 is 2.14 bits per heavy atom. The van der Waals surface area contributed by atoms with Crippen LogP contribution in [-0.2, 0) is 0 Å². The molecule has 0 aromatic heterocycles. The number of rotatable bonds is 1. The highest BCUT2D eigenvalue weighted by molar-refractivity contribution is 5.19. The molecule has 0 spiro atoms. The first-order valence-corrected chi connectivity index (χ1v) is 5.24. The van der Waals surface area contributed by atoms with Gasteiger partial charge in [-0.1, -0.05) is 43.2 Å². The summed E-state index contributed by atoms with van der Waals surface area (Å²) in [6.07, 6.45) is 5.67. The molecular formula is C13H17N. The fourth-order valence-electron chi connectivity index (χ4n) is 1.98. The molecule has 1 aromatic carbocycles. The maximum atomic E-state index is 7.32. The van der Waals surface area contributed by atoms with Gasteiger partial charge in [0, 0.05) is 6.92 Å². The van der Waals surface area contributed by atoms with Gasteiger partial charge in [-0.05, 0) is 24.3 Å². The third-order valence-corrected chi connectivity index (χ3v) is 2.63. The molecule has 2 rings (SSSR count). The monoisotopic (exact) mass is 187 g/mol. The lowest BCUT2D eigenvalue weighted by Crippen LogP contribution is -1.89. The van der Waals surface area contributed by atoms with E-state index in [2.05, 4.69) is 30.3 Å². The molecule has 0 amide bonds. The second kappa shape index (κ2) is 6.21. The molecule has 0 aliphatic heterocycles. The molecule has 0 saturated heterocycles. The maximum absolute atomic E-state index is 7.32. The predicted molar refractivity (Wildman–Crippen MR) is 58.9 cm³/mol. The first-order chi connectivity index (χ1) is 6.88. The molecule has 1 nitrogen and oxygen atoms in total. The molecule has 1 aliphatic carbocycles. The summed E-state index contributed by atoms with van der Waals surface area (Å²) in [5.41, 5.74) is 1.55. The molecule has 0 atom stereocenters. The summed E-state index contributed by atoms with van der Waals surface area (Å²) in [5.74, 6) is 0.871. The van der Waals surface area contributed by atoms with Crippen molar-refractivity contribution in [2.75, 3.05) is 0 Å². The van der Waals surface area contributed by atoms with Crippen LogP contribution in [0.1, 0.15) is 44.1 Å². The molecular weight excluding hydrogens is 170 g/mol. The van der Waals surface area contributed by atoms with E-state index in [1.165, 1.54) is 32.6 Å². The van der Waals surface area contributed by atoms with Gasteiger partial charge in [-0.3, -0.25) is 0 Å². The topological polar surface area (TPSA) is 23.8 Å². The highest BCUT2D eigenvalue weighted by Crippen LogP contribution is 2.33. The Hall–Kier alpha value is -1.29. The summed E-state index contributed by atoms with van der Waals surface area (Å²) in [6.45, 7) is 1.43. The maximum Gasteiger partial charge on any atom is 0.0587 e. The molecule has 1 aromatic rings. The highest BCUT2D eigenvalue weighted by Gasteiger charge is 2.15. The van der Waals surface area contributed by atoms with Crippen LogP contribution in [0.5, 0.6) is 0 Å². The van der Waals surface area contributed by atoms with Crippen LogP contribution in [0.15, 0.2) is 30.3 Å². The molecule has 1 fully saturated rings. The lowest BCUT2D eigenvalue weighted by Gasteiger charge is -2.07. The zero-order valence-corrected chi connectivity index (χ0v) is 8.74. The van der Waals surface area contributed by atoms with Crippen LogP contribution in [0.4, 0.5) is 0 Å². The van der Waals surface area contributed by atoms with Gasteiger partial charge in [-0.2, -0.15) is 5.26 Å². The quantitative estimate of drug-likeness (QED) is 0.654. The van der Waals surface area contributed by atoms with Crippen molar-refractivity contribution in [3.63, 3.8) is 0 Å². The van der Waals surface area contributed by atoms with Gasteiger partial charge in [0.15, 0.2) is 0 Å². The minimum Gasteiger partial charge on any atom is -0.199 e. The van der Waals surface area contributed by atoms with Crippen molar-refractivity contribution in [2.45, 2.75) is 38.5 Å². The fraction of sp³-hybridized carbons (Fsp3) is 0.462. The molecule has 0 unspecified atom stereocenters. The number of nitrogens with zero attached hydrogens (tertiary/aromatic N) is 1. The van der Waals surface area contributed by atoms with Crippen LogP contribution >= 0.6 is 0 Å². The molecule has 0 radical (unpaired) electrons. The van der Waals surface area contributed by atoms with E-state index in [0.717, 1.165) is 5.92 Å². The minimum atomic E-state index is 0.871. The van der Waals surface area contributed by atoms with Gasteiger partial charge < -0.3 is 0 Å². The van der Waals surface area contributed by atoms with Crippen molar-refractivity contribution in [2.24, 2.45) is 0 Å². The first-order valence-electron chi connectivity index (χ1n) is 5.24. The number of benzene rings is 1. The third kappa shape index (κ3) is 3.22.